The average molecular weight is 275 g/mol. The molecule has 0 bridgehead atoms. The summed E-state index contributed by atoms with van der Waals surface area (Å²) < 4.78 is 0.142. The minimum Gasteiger partial charge on any atom is -0.257 e. The number of pyridine rings is 1. The van der Waals surface area contributed by atoms with Crippen molar-refractivity contribution in [2.24, 2.45) is 0 Å². The van der Waals surface area contributed by atoms with Crippen molar-refractivity contribution in [1.82, 2.24) is 4.98 Å². The Kier molecular flexibility index (Phi) is 3.09. The quantitative estimate of drug-likeness (QED) is 0.596. The van der Waals surface area contributed by atoms with E-state index in [9.17, 15) is 0 Å². The van der Waals surface area contributed by atoms with Crippen LogP contribution in [0.3, 0.4) is 0 Å². The van der Waals surface area contributed by atoms with Gasteiger partial charge >= 0.3 is 0 Å². The Hall–Kier alpha value is -0.120. The molecule has 0 aliphatic carbocycles. The van der Waals surface area contributed by atoms with Crippen LogP contribution in [0.4, 0.5) is 0 Å². The lowest BCUT2D eigenvalue weighted by Crippen LogP contribution is -2.09. The topological polar surface area (TPSA) is 12.9 Å². The molecule has 66 valence electrons. The van der Waals surface area contributed by atoms with Gasteiger partial charge in [0.25, 0.3) is 0 Å². The van der Waals surface area contributed by atoms with Gasteiger partial charge in [0.2, 0.25) is 0 Å². The number of nitrogens with zero attached hydrogens (tertiary/aromatic N) is 1. The van der Waals surface area contributed by atoms with Gasteiger partial charge in [0.05, 0.1) is 9.12 Å². The van der Waals surface area contributed by atoms with Gasteiger partial charge < -0.3 is 0 Å². The zero-order valence-corrected chi connectivity index (χ0v) is 9.92. The normalized spacial score (nSPS) is 11.7. The molecular formula is C10H14IN. The second-order valence-corrected chi connectivity index (χ2v) is 6.04. The zero-order chi connectivity index (χ0) is 9.19. The number of halogens is 1. The van der Waals surface area contributed by atoms with E-state index in [1.165, 1.54) is 11.4 Å². The predicted octanol–water partition coefficient (Wildman–Crippen LogP) is 3.31. The molecule has 0 amide bonds. The predicted molar refractivity (Wildman–Crippen MR) is 60.7 cm³/mol. The van der Waals surface area contributed by atoms with Gasteiger partial charge in [0, 0.05) is 5.69 Å². The van der Waals surface area contributed by atoms with Crippen LogP contribution < -0.4 is 0 Å². The molecule has 2 heteroatoms. The van der Waals surface area contributed by atoms with Crippen LogP contribution >= 0.6 is 22.6 Å². The van der Waals surface area contributed by atoms with E-state index in [0.717, 1.165) is 6.42 Å². The zero-order valence-electron chi connectivity index (χ0n) is 7.76. The van der Waals surface area contributed by atoms with Crippen molar-refractivity contribution in [2.75, 3.05) is 0 Å². The molecule has 0 aromatic carbocycles. The number of aryl methyl sites for hydroxylation is 1. The summed E-state index contributed by atoms with van der Waals surface area (Å²) in [5, 5.41) is 0. The number of hydrogen-bond acceptors (Lipinski definition) is 1. The number of hydrogen-bond donors (Lipinski definition) is 0. The lowest BCUT2D eigenvalue weighted by Gasteiger charge is -2.15. The summed E-state index contributed by atoms with van der Waals surface area (Å²) in [5.41, 5.74) is 2.35. The lowest BCUT2D eigenvalue weighted by molar-refractivity contribution is 0.774. The second-order valence-electron chi connectivity index (χ2n) is 3.34. The molecule has 0 aliphatic heterocycles. The first-order valence-corrected chi connectivity index (χ1v) is 5.27. The molecule has 0 saturated heterocycles. The third-order valence-electron chi connectivity index (χ3n) is 1.78. The van der Waals surface area contributed by atoms with E-state index in [0.29, 0.717) is 0 Å². The van der Waals surface area contributed by atoms with E-state index in [1.807, 2.05) is 0 Å². The maximum absolute atomic E-state index is 4.56. The van der Waals surface area contributed by atoms with Crippen molar-refractivity contribution < 1.29 is 0 Å². The van der Waals surface area contributed by atoms with E-state index < -0.39 is 0 Å². The fourth-order valence-corrected chi connectivity index (χ4v) is 1.31. The summed E-state index contributed by atoms with van der Waals surface area (Å²) in [6.45, 7) is 6.48. The van der Waals surface area contributed by atoms with Gasteiger partial charge in [0.15, 0.2) is 0 Å². The highest BCUT2D eigenvalue weighted by Crippen LogP contribution is 2.28. The van der Waals surface area contributed by atoms with Crippen LogP contribution in [-0.4, -0.2) is 4.98 Å². The molecular weight excluding hydrogens is 261 g/mol. The summed E-state index contributed by atoms with van der Waals surface area (Å²) in [6, 6.07) is 6.25. The molecule has 0 radical (unpaired) electrons. The molecule has 1 nitrogen and oxygen atoms in total. The van der Waals surface area contributed by atoms with Crippen LogP contribution in [0.15, 0.2) is 18.2 Å². The van der Waals surface area contributed by atoms with Crippen LogP contribution in [0, 0.1) is 0 Å². The van der Waals surface area contributed by atoms with Crippen molar-refractivity contribution in [2.45, 2.75) is 30.6 Å². The van der Waals surface area contributed by atoms with Gasteiger partial charge in [-0.3, -0.25) is 4.98 Å². The van der Waals surface area contributed by atoms with Gasteiger partial charge in [-0.1, -0.05) is 35.6 Å². The Morgan fingerprint density at radius 3 is 2.58 bits per heavy atom. The molecule has 1 aromatic rings. The van der Waals surface area contributed by atoms with Crippen LogP contribution in [0.2, 0.25) is 0 Å². The lowest BCUT2D eigenvalue weighted by atomic mass is 10.1. The van der Waals surface area contributed by atoms with E-state index in [1.54, 1.807) is 0 Å². The highest BCUT2D eigenvalue weighted by Gasteiger charge is 2.16. The highest BCUT2D eigenvalue weighted by molar-refractivity contribution is 14.1. The summed E-state index contributed by atoms with van der Waals surface area (Å²) in [7, 11) is 0. The first-order valence-electron chi connectivity index (χ1n) is 4.19. The van der Waals surface area contributed by atoms with E-state index >= 15 is 0 Å². The summed E-state index contributed by atoms with van der Waals surface area (Å²) in [6.07, 6.45) is 1.01. The third kappa shape index (κ3) is 2.44. The highest BCUT2D eigenvalue weighted by atomic mass is 127. The van der Waals surface area contributed by atoms with Crippen LogP contribution in [-0.2, 0) is 9.84 Å². The van der Waals surface area contributed by atoms with E-state index in [-0.39, 0.29) is 3.42 Å². The monoisotopic (exact) mass is 275 g/mol. The Bertz CT molecular complexity index is 263. The van der Waals surface area contributed by atoms with Crippen molar-refractivity contribution in [3.8, 4) is 0 Å². The minimum atomic E-state index is 0.142. The van der Waals surface area contributed by atoms with Gasteiger partial charge in [-0.2, -0.15) is 0 Å². The molecule has 0 aliphatic rings. The SMILES string of the molecule is CCc1cccc(C(C)(C)I)n1. The van der Waals surface area contributed by atoms with Gasteiger partial charge in [-0.05, 0) is 32.4 Å². The summed E-state index contributed by atoms with van der Waals surface area (Å²) in [5.74, 6) is 0. The molecule has 0 fully saturated rings. The largest absolute Gasteiger partial charge is 0.257 e. The first-order chi connectivity index (χ1) is 5.54. The Labute approximate surface area is 87.7 Å². The summed E-state index contributed by atoms with van der Waals surface area (Å²) >= 11 is 2.41. The Balaban J connectivity index is 3.02. The van der Waals surface area contributed by atoms with Crippen molar-refractivity contribution >= 4 is 22.6 Å². The molecule has 0 spiro atoms. The fourth-order valence-electron chi connectivity index (χ4n) is 1.01. The maximum Gasteiger partial charge on any atom is 0.0586 e. The standard InChI is InChI=1S/C10H14IN/c1-4-8-6-5-7-9(12-8)10(2,3)11/h5-7H,4H2,1-3H3. The molecule has 0 atom stereocenters. The molecule has 1 heterocycles. The minimum absolute atomic E-state index is 0.142. The number of aromatic nitrogens is 1. The maximum atomic E-state index is 4.56. The molecule has 0 N–H and O–H groups in total. The molecule has 0 saturated carbocycles. The van der Waals surface area contributed by atoms with Gasteiger partial charge in [0.1, 0.15) is 0 Å². The van der Waals surface area contributed by atoms with Gasteiger partial charge in [-0.25, -0.2) is 0 Å². The number of alkyl halides is 1. The number of rotatable bonds is 2. The van der Waals surface area contributed by atoms with Crippen LogP contribution in [0.25, 0.3) is 0 Å². The van der Waals surface area contributed by atoms with Gasteiger partial charge in [-0.15, -0.1) is 0 Å². The second kappa shape index (κ2) is 3.73. The smallest absolute Gasteiger partial charge is 0.0586 e. The van der Waals surface area contributed by atoms with Crippen LogP contribution in [0.1, 0.15) is 32.2 Å². The molecule has 1 aromatic heterocycles. The molecule has 0 unspecified atom stereocenters. The van der Waals surface area contributed by atoms with Crippen molar-refractivity contribution in [3.05, 3.63) is 29.6 Å². The fraction of sp³-hybridized carbons (Fsp3) is 0.500. The van der Waals surface area contributed by atoms with E-state index in [4.69, 9.17) is 0 Å². The Morgan fingerprint density at radius 2 is 2.08 bits per heavy atom. The molecule has 1 rings (SSSR count). The average Bonchev–Trinajstić information content (AvgIpc) is 2.03. The van der Waals surface area contributed by atoms with Crippen molar-refractivity contribution in [3.63, 3.8) is 0 Å². The van der Waals surface area contributed by atoms with Crippen molar-refractivity contribution in [1.29, 1.82) is 0 Å². The van der Waals surface area contributed by atoms with E-state index in [2.05, 4.69) is 66.5 Å². The Morgan fingerprint density at radius 1 is 1.42 bits per heavy atom. The van der Waals surface area contributed by atoms with Crippen LogP contribution in [0.5, 0.6) is 0 Å². The third-order valence-corrected chi connectivity index (χ3v) is 2.33. The molecule has 12 heavy (non-hydrogen) atoms. The first kappa shape index (κ1) is 9.96. The summed E-state index contributed by atoms with van der Waals surface area (Å²) in [4.78, 5) is 4.56.